The Morgan fingerprint density at radius 3 is 2.84 bits per heavy atom. The molecular formula is C24H22ClN6+. The molecule has 7 heteroatoms. The van der Waals surface area contributed by atoms with Gasteiger partial charge in [-0.3, -0.25) is 5.32 Å². The highest BCUT2D eigenvalue weighted by Crippen LogP contribution is 2.34. The van der Waals surface area contributed by atoms with Gasteiger partial charge in [0.15, 0.2) is 5.52 Å². The van der Waals surface area contributed by atoms with Crippen LogP contribution >= 0.6 is 11.6 Å². The monoisotopic (exact) mass is 429 g/mol. The zero-order valence-electron chi connectivity index (χ0n) is 17.3. The average molecular weight is 430 g/mol. The van der Waals surface area contributed by atoms with Crippen LogP contribution in [0.4, 0.5) is 5.82 Å². The molecule has 154 valence electrons. The summed E-state index contributed by atoms with van der Waals surface area (Å²) in [6.07, 6.45) is 3.28. The average Bonchev–Trinajstić information content (AvgIpc) is 3.27. The molecule has 0 amide bonds. The summed E-state index contributed by atoms with van der Waals surface area (Å²) in [5, 5.41) is 5.16. The molecule has 31 heavy (non-hydrogen) atoms. The van der Waals surface area contributed by atoms with Crippen LogP contribution in [0.15, 0.2) is 61.2 Å². The second kappa shape index (κ2) is 7.96. The topological polar surface area (TPSA) is 80.6 Å². The van der Waals surface area contributed by atoms with Crippen LogP contribution in [0.5, 0.6) is 0 Å². The lowest BCUT2D eigenvalue weighted by Gasteiger charge is -2.16. The van der Waals surface area contributed by atoms with Crippen molar-refractivity contribution in [2.24, 2.45) is 0 Å². The number of hydrogen-bond acceptors (Lipinski definition) is 4. The van der Waals surface area contributed by atoms with E-state index < -0.39 is 0 Å². The van der Waals surface area contributed by atoms with E-state index in [4.69, 9.17) is 16.6 Å². The van der Waals surface area contributed by atoms with Crippen molar-refractivity contribution in [2.75, 3.05) is 5.32 Å². The summed E-state index contributed by atoms with van der Waals surface area (Å²) in [7, 11) is 0. The first kappa shape index (κ1) is 19.5. The van der Waals surface area contributed by atoms with E-state index in [1.165, 1.54) is 5.56 Å². The Labute approximate surface area is 184 Å². The van der Waals surface area contributed by atoms with E-state index in [0.29, 0.717) is 23.1 Å². The first-order valence-corrected chi connectivity index (χ1v) is 10.6. The standard InChI is InChI=1S/C24H21ClN6/c1-14(2)17-7-3-4-8-18(17)20-16(10-15-6-5-9-19(25)21(15)31-20)11-26-23-22-24(28-12-27-22)30-13-29-23/h3-10,12-14H,11H2,1-2H3,(H2,26,27,28,29,30)/p+1. The molecule has 3 heterocycles. The minimum Gasteiger partial charge on any atom is -0.336 e. The van der Waals surface area contributed by atoms with E-state index in [-0.39, 0.29) is 0 Å². The van der Waals surface area contributed by atoms with Crippen LogP contribution in [0, 0.1) is 0 Å². The van der Waals surface area contributed by atoms with Crippen molar-refractivity contribution in [3.63, 3.8) is 0 Å². The fourth-order valence-corrected chi connectivity index (χ4v) is 4.14. The lowest BCUT2D eigenvalue weighted by Crippen LogP contribution is -2.15. The zero-order valence-corrected chi connectivity index (χ0v) is 18.0. The number of benzene rings is 2. The predicted octanol–water partition coefficient (Wildman–Crippen LogP) is 5.38. The summed E-state index contributed by atoms with van der Waals surface area (Å²) < 4.78 is 0. The van der Waals surface area contributed by atoms with Crippen LogP contribution in [0.1, 0.15) is 30.9 Å². The molecule has 0 spiro atoms. The first-order chi connectivity index (χ1) is 15.1. The van der Waals surface area contributed by atoms with Gasteiger partial charge in [-0.1, -0.05) is 66.8 Å². The maximum Gasteiger partial charge on any atom is 0.260 e. The Balaban J connectivity index is 1.64. The molecule has 5 rings (SSSR count). The smallest absolute Gasteiger partial charge is 0.260 e. The second-order valence-electron chi connectivity index (χ2n) is 7.78. The normalized spacial score (nSPS) is 11.5. The van der Waals surface area contributed by atoms with Crippen LogP contribution in [-0.2, 0) is 6.54 Å². The molecule has 5 aromatic rings. The maximum absolute atomic E-state index is 6.50. The molecule has 0 saturated heterocycles. The van der Waals surface area contributed by atoms with Gasteiger partial charge in [-0.05, 0) is 23.6 Å². The largest absolute Gasteiger partial charge is 0.336 e. The summed E-state index contributed by atoms with van der Waals surface area (Å²) in [5.41, 5.74) is 6.72. The zero-order chi connectivity index (χ0) is 21.4. The molecule has 3 aromatic heterocycles. The van der Waals surface area contributed by atoms with Crippen molar-refractivity contribution in [2.45, 2.75) is 26.3 Å². The van der Waals surface area contributed by atoms with Gasteiger partial charge in [0.1, 0.15) is 0 Å². The number of para-hydroxylation sites is 1. The number of halogens is 1. The number of hydrogen-bond donors (Lipinski definition) is 2. The van der Waals surface area contributed by atoms with Crippen molar-refractivity contribution in [1.29, 1.82) is 0 Å². The van der Waals surface area contributed by atoms with Crippen LogP contribution in [-0.4, -0.2) is 19.9 Å². The molecular weight excluding hydrogens is 408 g/mol. The second-order valence-corrected chi connectivity index (χ2v) is 8.19. The Morgan fingerprint density at radius 2 is 1.97 bits per heavy atom. The fourth-order valence-electron chi connectivity index (χ4n) is 3.91. The number of fused-ring (bicyclic) bond motifs is 2. The molecule has 0 atom stereocenters. The summed E-state index contributed by atoms with van der Waals surface area (Å²) in [4.78, 5) is 19.8. The van der Waals surface area contributed by atoms with E-state index >= 15 is 0 Å². The highest BCUT2D eigenvalue weighted by molar-refractivity contribution is 6.35. The molecule has 0 aliphatic rings. The van der Waals surface area contributed by atoms with Crippen molar-refractivity contribution in [1.82, 2.24) is 19.9 Å². The van der Waals surface area contributed by atoms with E-state index in [1.807, 2.05) is 18.2 Å². The molecule has 3 N–H and O–H groups in total. The third kappa shape index (κ3) is 3.59. The predicted molar refractivity (Wildman–Crippen MR) is 124 cm³/mol. The lowest BCUT2D eigenvalue weighted by atomic mass is 9.92. The molecule has 0 fully saturated rings. The number of rotatable bonds is 5. The third-order valence-electron chi connectivity index (χ3n) is 5.43. The van der Waals surface area contributed by atoms with Crippen molar-refractivity contribution < 1.29 is 4.98 Å². The van der Waals surface area contributed by atoms with Gasteiger partial charge in [-0.2, -0.15) is 0 Å². The highest BCUT2D eigenvalue weighted by Gasteiger charge is 2.18. The Morgan fingerprint density at radius 1 is 1.10 bits per heavy atom. The quantitative estimate of drug-likeness (QED) is 0.393. The van der Waals surface area contributed by atoms with Gasteiger partial charge in [0.05, 0.1) is 29.1 Å². The van der Waals surface area contributed by atoms with E-state index in [2.05, 4.69) is 69.4 Å². The van der Waals surface area contributed by atoms with Gasteiger partial charge in [0.25, 0.3) is 5.65 Å². The fraction of sp³-hybridized carbons (Fsp3) is 0.167. The van der Waals surface area contributed by atoms with Gasteiger partial charge in [0.2, 0.25) is 12.1 Å². The van der Waals surface area contributed by atoms with Crippen LogP contribution < -0.4 is 10.3 Å². The molecule has 0 saturated carbocycles. The number of imidazole rings is 1. The van der Waals surface area contributed by atoms with Crippen LogP contribution in [0.25, 0.3) is 33.3 Å². The number of pyridine rings is 1. The van der Waals surface area contributed by atoms with Crippen molar-refractivity contribution in [3.05, 3.63) is 77.3 Å². The lowest BCUT2D eigenvalue weighted by molar-refractivity contribution is -0.364. The van der Waals surface area contributed by atoms with Crippen LogP contribution in [0.3, 0.4) is 0 Å². The summed E-state index contributed by atoms with van der Waals surface area (Å²) in [6, 6.07) is 16.5. The number of aromatic nitrogens is 5. The van der Waals surface area contributed by atoms with Crippen molar-refractivity contribution in [3.8, 4) is 11.3 Å². The molecule has 0 bridgehead atoms. The number of anilines is 1. The number of H-pyrrole nitrogens is 2. The van der Waals surface area contributed by atoms with Gasteiger partial charge >= 0.3 is 0 Å². The van der Waals surface area contributed by atoms with E-state index in [0.717, 1.165) is 39.1 Å². The molecule has 6 nitrogen and oxygen atoms in total. The van der Waals surface area contributed by atoms with Crippen LogP contribution in [0.2, 0.25) is 5.02 Å². The molecule has 0 aliphatic heterocycles. The number of nitrogens with zero attached hydrogens (tertiary/aromatic N) is 3. The van der Waals surface area contributed by atoms with Gasteiger partial charge < -0.3 is 4.98 Å². The van der Waals surface area contributed by atoms with Gasteiger partial charge in [0, 0.05) is 16.5 Å². The number of nitrogens with one attached hydrogen (secondary N) is 3. The van der Waals surface area contributed by atoms with E-state index in [1.54, 1.807) is 12.7 Å². The van der Waals surface area contributed by atoms with Gasteiger partial charge in [-0.15, -0.1) is 0 Å². The van der Waals surface area contributed by atoms with Crippen molar-refractivity contribution >= 4 is 39.5 Å². The molecule has 2 aromatic carbocycles. The maximum atomic E-state index is 6.50. The molecule has 0 aliphatic carbocycles. The Hall–Kier alpha value is -3.51. The van der Waals surface area contributed by atoms with E-state index in [9.17, 15) is 0 Å². The molecule has 0 unspecified atom stereocenters. The highest BCUT2D eigenvalue weighted by atomic mass is 35.5. The van der Waals surface area contributed by atoms with Gasteiger partial charge in [-0.25, -0.2) is 15.0 Å². The Kier molecular flexibility index (Phi) is 5.00. The summed E-state index contributed by atoms with van der Waals surface area (Å²) in [5.74, 6) is 1.20. The summed E-state index contributed by atoms with van der Waals surface area (Å²) in [6.45, 7) is 4.98. The Bertz CT molecular complexity index is 1390. The minimum absolute atomic E-state index is 0.374. The molecule has 0 radical (unpaired) electrons. The summed E-state index contributed by atoms with van der Waals surface area (Å²) >= 11 is 6.50. The SMILES string of the molecule is CC(C)c1ccccc1-c1nc2c(Cl)cccc2cc1CNc1[nH+]cnc2nc[nH]c12. The first-order valence-electron chi connectivity index (χ1n) is 10.2. The number of aromatic amines is 2. The third-order valence-corrected chi connectivity index (χ3v) is 5.74. The minimum atomic E-state index is 0.374.